The van der Waals surface area contributed by atoms with Gasteiger partial charge in [0, 0.05) is 50.0 Å². The van der Waals surface area contributed by atoms with E-state index in [0.29, 0.717) is 31.0 Å². The number of hydrogen-bond acceptors (Lipinski definition) is 6. The van der Waals surface area contributed by atoms with E-state index in [1.54, 1.807) is 11.1 Å². The molecule has 0 atom stereocenters. The average Bonchev–Trinajstić information content (AvgIpc) is 2.55. The standard InChI is InChI=1S/C18H27N3O4.Mn/c1-14-15(13-22)11-19-12-16(14)24-10-9-20-5-7-21(8-6-20)17(23)25-18(2,3)4;/h11-13H,5-10H2,1-4H3;/q;+4. The van der Waals surface area contributed by atoms with Gasteiger partial charge in [-0.2, -0.15) is 0 Å². The van der Waals surface area contributed by atoms with Crippen LogP contribution in [0.5, 0.6) is 5.75 Å². The number of carbonyl (C=O) groups is 2. The summed E-state index contributed by atoms with van der Waals surface area (Å²) < 4.78 is 11.1. The molecule has 7 nitrogen and oxygen atoms in total. The molecule has 1 fully saturated rings. The third-order valence-corrected chi connectivity index (χ3v) is 4.02. The Kier molecular flexibility index (Phi) is 8.53. The third kappa shape index (κ3) is 6.59. The molecule has 0 aromatic carbocycles. The van der Waals surface area contributed by atoms with Crippen LogP contribution in [0.4, 0.5) is 4.79 Å². The van der Waals surface area contributed by atoms with Crippen LogP contribution in [0.1, 0.15) is 36.7 Å². The summed E-state index contributed by atoms with van der Waals surface area (Å²) in [6.07, 6.45) is 3.69. The molecule has 8 heteroatoms. The zero-order valence-electron chi connectivity index (χ0n) is 15.8. The molecule has 1 radical (unpaired) electrons. The van der Waals surface area contributed by atoms with Gasteiger partial charge in [0.05, 0.1) is 6.20 Å². The Balaban J connectivity index is 0.00000338. The van der Waals surface area contributed by atoms with Crippen LogP contribution >= 0.6 is 0 Å². The largest absolute Gasteiger partial charge is 4.00 e. The second-order valence-corrected chi connectivity index (χ2v) is 7.13. The van der Waals surface area contributed by atoms with Gasteiger partial charge >= 0.3 is 23.2 Å². The summed E-state index contributed by atoms with van der Waals surface area (Å²) >= 11 is 0. The van der Waals surface area contributed by atoms with Crippen molar-refractivity contribution in [2.75, 3.05) is 39.3 Å². The van der Waals surface area contributed by atoms with Crippen molar-refractivity contribution in [2.45, 2.75) is 33.3 Å². The first-order valence-corrected chi connectivity index (χ1v) is 8.53. The molecule has 1 saturated heterocycles. The van der Waals surface area contributed by atoms with Crippen LogP contribution in [0, 0.1) is 6.92 Å². The molecular weight excluding hydrogens is 377 g/mol. The van der Waals surface area contributed by atoms with Gasteiger partial charge in [0.1, 0.15) is 18.0 Å². The SMILES string of the molecule is Cc1c(C=O)cncc1OCCN1CCN(C(=O)OC(C)(C)C)CC1.[Mn+4]. The number of ether oxygens (including phenoxy) is 2. The molecule has 2 rings (SSSR count). The summed E-state index contributed by atoms with van der Waals surface area (Å²) in [6, 6.07) is 0. The van der Waals surface area contributed by atoms with Gasteiger partial charge in [-0.25, -0.2) is 4.79 Å². The second kappa shape index (κ2) is 9.90. The van der Waals surface area contributed by atoms with Crippen molar-refractivity contribution in [3.8, 4) is 5.75 Å². The van der Waals surface area contributed by atoms with Crippen molar-refractivity contribution in [3.05, 3.63) is 23.5 Å². The van der Waals surface area contributed by atoms with Gasteiger partial charge in [-0.15, -0.1) is 0 Å². The van der Waals surface area contributed by atoms with Gasteiger partial charge in [-0.1, -0.05) is 0 Å². The van der Waals surface area contributed by atoms with Crippen LogP contribution in [0.2, 0.25) is 0 Å². The molecule has 1 aliphatic rings. The number of rotatable bonds is 5. The van der Waals surface area contributed by atoms with Gasteiger partial charge in [0.15, 0.2) is 6.29 Å². The molecule has 0 unspecified atom stereocenters. The van der Waals surface area contributed by atoms with Crippen molar-refractivity contribution in [1.82, 2.24) is 14.8 Å². The zero-order chi connectivity index (χ0) is 18.4. The summed E-state index contributed by atoms with van der Waals surface area (Å²) in [5, 5.41) is 0. The van der Waals surface area contributed by atoms with Crippen LogP contribution in [-0.2, 0) is 21.8 Å². The maximum atomic E-state index is 12.0. The summed E-state index contributed by atoms with van der Waals surface area (Å²) in [5.74, 6) is 0.636. The average molecular weight is 404 g/mol. The fraction of sp³-hybridized carbons (Fsp3) is 0.611. The number of nitrogens with zero attached hydrogens (tertiary/aromatic N) is 3. The number of carbonyl (C=O) groups excluding carboxylic acids is 2. The molecule has 1 amide bonds. The second-order valence-electron chi connectivity index (χ2n) is 7.13. The number of hydrogen-bond donors (Lipinski definition) is 0. The monoisotopic (exact) mass is 404 g/mol. The van der Waals surface area contributed by atoms with Crippen LogP contribution in [0.3, 0.4) is 0 Å². The molecular formula is C18H27MnN3O4+4. The van der Waals surface area contributed by atoms with E-state index in [2.05, 4.69) is 9.88 Å². The van der Waals surface area contributed by atoms with Gasteiger partial charge in [0.2, 0.25) is 0 Å². The van der Waals surface area contributed by atoms with Gasteiger partial charge in [-0.3, -0.25) is 14.7 Å². The first-order valence-electron chi connectivity index (χ1n) is 8.53. The first kappa shape index (κ1) is 22.4. The van der Waals surface area contributed by atoms with Crippen LogP contribution < -0.4 is 4.74 Å². The smallest absolute Gasteiger partial charge is 0.490 e. The third-order valence-electron chi connectivity index (χ3n) is 4.02. The molecule has 1 aliphatic heterocycles. The summed E-state index contributed by atoms with van der Waals surface area (Å²) in [6.45, 7) is 11.6. The Labute approximate surface area is 165 Å². The Bertz CT molecular complexity index is 611. The quantitative estimate of drug-likeness (QED) is 0.553. The van der Waals surface area contributed by atoms with Gasteiger partial charge in [-0.05, 0) is 27.7 Å². The molecule has 0 N–H and O–H groups in total. The minimum Gasteiger partial charge on any atom is -0.490 e. The van der Waals surface area contributed by atoms with Crippen molar-refractivity contribution in [1.29, 1.82) is 0 Å². The molecule has 141 valence electrons. The van der Waals surface area contributed by atoms with Gasteiger partial charge < -0.3 is 14.4 Å². The van der Waals surface area contributed by atoms with E-state index in [1.807, 2.05) is 27.7 Å². The van der Waals surface area contributed by atoms with Gasteiger partial charge in [0.25, 0.3) is 0 Å². The molecule has 1 aromatic rings. The van der Waals surface area contributed by atoms with Crippen molar-refractivity contribution in [2.24, 2.45) is 0 Å². The number of aldehydes is 1. The maximum absolute atomic E-state index is 12.0. The van der Waals surface area contributed by atoms with Crippen molar-refractivity contribution in [3.63, 3.8) is 0 Å². The number of pyridine rings is 1. The maximum Gasteiger partial charge on any atom is 4.00 e. The summed E-state index contributed by atoms with van der Waals surface area (Å²) in [4.78, 5) is 31.0. The van der Waals surface area contributed by atoms with Crippen LogP contribution in [-0.4, -0.2) is 72.1 Å². The van der Waals surface area contributed by atoms with E-state index in [1.165, 1.54) is 6.20 Å². The Morgan fingerprint density at radius 2 is 1.88 bits per heavy atom. The Hall–Kier alpha value is -1.63. The molecule has 26 heavy (non-hydrogen) atoms. The Morgan fingerprint density at radius 3 is 2.46 bits per heavy atom. The van der Waals surface area contributed by atoms with E-state index in [9.17, 15) is 9.59 Å². The summed E-state index contributed by atoms with van der Waals surface area (Å²) in [5.41, 5.74) is 0.882. The fourth-order valence-corrected chi connectivity index (χ4v) is 2.55. The number of amides is 1. The van der Waals surface area contributed by atoms with Crippen LogP contribution in [0.15, 0.2) is 12.4 Å². The molecule has 0 aliphatic carbocycles. The molecule has 0 spiro atoms. The predicted octanol–water partition coefficient (Wildman–Crippen LogP) is 2.13. The minimum atomic E-state index is -0.468. The Morgan fingerprint density at radius 1 is 1.23 bits per heavy atom. The fourth-order valence-electron chi connectivity index (χ4n) is 2.55. The van der Waals surface area contributed by atoms with E-state index < -0.39 is 5.60 Å². The first-order chi connectivity index (χ1) is 11.8. The number of piperazine rings is 1. The predicted molar refractivity (Wildman–Crippen MR) is 94.1 cm³/mol. The van der Waals surface area contributed by atoms with Crippen molar-refractivity contribution < 1.29 is 36.1 Å². The zero-order valence-corrected chi connectivity index (χ0v) is 17.0. The molecule has 1 aromatic heterocycles. The van der Waals surface area contributed by atoms with E-state index in [-0.39, 0.29) is 23.2 Å². The normalized spacial score (nSPS) is 15.2. The molecule has 0 saturated carbocycles. The van der Waals surface area contributed by atoms with E-state index >= 15 is 0 Å². The molecule has 2 heterocycles. The van der Waals surface area contributed by atoms with Crippen LogP contribution in [0.25, 0.3) is 0 Å². The van der Waals surface area contributed by atoms with E-state index in [4.69, 9.17) is 9.47 Å². The molecule has 0 bridgehead atoms. The number of aromatic nitrogens is 1. The minimum absolute atomic E-state index is 0. The summed E-state index contributed by atoms with van der Waals surface area (Å²) in [7, 11) is 0. The van der Waals surface area contributed by atoms with Crippen molar-refractivity contribution >= 4 is 12.4 Å². The van der Waals surface area contributed by atoms with E-state index in [0.717, 1.165) is 31.5 Å². The topological polar surface area (TPSA) is 72.0 Å².